The average Bonchev–Trinajstić information content (AvgIpc) is 3.16. The molecule has 1 aliphatic rings. The van der Waals surface area contributed by atoms with Crippen LogP contribution in [0.1, 0.15) is 38.1 Å². The Hall–Kier alpha value is -3.16. The average molecular weight is 496 g/mol. The fraction of sp³-hybridized carbons (Fsp3) is 0.280. The van der Waals surface area contributed by atoms with E-state index in [-0.39, 0.29) is 5.92 Å². The minimum atomic E-state index is -0.813. The molecular formula is C25H23Cl2N5O2. The van der Waals surface area contributed by atoms with Crippen LogP contribution in [-0.4, -0.2) is 25.3 Å². The zero-order chi connectivity index (χ0) is 23.8. The second kappa shape index (κ2) is 9.24. The van der Waals surface area contributed by atoms with Crippen LogP contribution in [0.5, 0.6) is 0 Å². The Kier molecular flexibility index (Phi) is 6.15. The van der Waals surface area contributed by atoms with Crippen molar-refractivity contribution in [3.05, 3.63) is 75.3 Å². The van der Waals surface area contributed by atoms with Crippen LogP contribution in [0, 0.1) is 5.92 Å². The van der Waals surface area contributed by atoms with Crippen LogP contribution in [0.3, 0.4) is 0 Å². The number of nitrogens with zero attached hydrogens (tertiary/aromatic N) is 4. The van der Waals surface area contributed by atoms with Gasteiger partial charge in [-0.3, -0.25) is 4.79 Å². The molecule has 1 atom stereocenters. The highest BCUT2D eigenvalue weighted by Crippen LogP contribution is 2.36. The van der Waals surface area contributed by atoms with Crippen LogP contribution in [0.15, 0.2) is 59.5 Å². The molecule has 5 rings (SSSR count). The first-order valence-corrected chi connectivity index (χ1v) is 12.0. The maximum absolute atomic E-state index is 13.4. The number of carbonyl (C=O) groups is 1. The van der Waals surface area contributed by atoms with Gasteiger partial charge in [-0.25, -0.2) is 4.79 Å². The minimum Gasteiger partial charge on any atom is -0.368 e. The minimum absolute atomic E-state index is 0.0245. The molecule has 1 amide bonds. The van der Waals surface area contributed by atoms with E-state index in [1.807, 2.05) is 24.3 Å². The Labute approximate surface area is 206 Å². The van der Waals surface area contributed by atoms with Crippen LogP contribution in [0.25, 0.3) is 27.9 Å². The fourth-order valence-electron chi connectivity index (χ4n) is 4.87. The van der Waals surface area contributed by atoms with Gasteiger partial charge in [-0.2, -0.15) is 14.3 Å². The van der Waals surface area contributed by atoms with Gasteiger partial charge in [0.1, 0.15) is 6.04 Å². The smallest absolute Gasteiger partial charge is 0.367 e. The molecule has 7 nitrogen and oxygen atoms in total. The summed E-state index contributed by atoms with van der Waals surface area (Å²) in [5.74, 6) is -0.577. The van der Waals surface area contributed by atoms with Crippen molar-refractivity contribution >= 4 is 34.8 Å². The highest BCUT2D eigenvalue weighted by Gasteiger charge is 2.33. The van der Waals surface area contributed by atoms with E-state index < -0.39 is 17.6 Å². The third-order valence-corrected chi connectivity index (χ3v) is 7.02. The van der Waals surface area contributed by atoms with Crippen molar-refractivity contribution in [2.24, 2.45) is 11.7 Å². The number of aromatic nitrogens is 4. The number of rotatable bonds is 5. The Morgan fingerprint density at radius 1 is 0.941 bits per heavy atom. The molecule has 1 fully saturated rings. The second-order valence-electron chi connectivity index (χ2n) is 8.65. The molecule has 2 aromatic heterocycles. The molecule has 2 N–H and O–H groups in total. The fourth-order valence-corrected chi connectivity index (χ4v) is 5.12. The lowest BCUT2D eigenvalue weighted by atomic mass is 9.83. The van der Waals surface area contributed by atoms with Crippen LogP contribution in [-0.2, 0) is 4.79 Å². The topological polar surface area (TPSA) is 95.3 Å². The van der Waals surface area contributed by atoms with Gasteiger partial charge in [0.2, 0.25) is 5.91 Å². The molecule has 1 aliphatic carbocycles. The van der Waals surface area contributed by atoms with Gasteiger partial charge in [0.25, 0.3) is 0 Å². The first-order chi connectivity index (χ1) is 16.4. The summed E-state index contributed by atoms with van der Waals surface area (Å²) >= 11 is 12.2. The van der Waals surface area contributed by atoms with Gasteiger partial charge < -0.3 is 5.73 Å². The molecule has 174 valence electrons. The molecule has 0 aliphatic heterocycles. The van der Waals surface area contributed by atoms with Gasteiger partial charge >= 0.3 is 5.69 Å². The number of fused-ring (bicyclic) bond motifs is 1. The first-order valence-electron chi connectivity index (χ1n) is 11.3. The predicted molar refractivity (Wildman–Crippen MR) is 133 cm³/mol. The molecule has 0 radical (unpaired) electrons. The van der Waals surface area contributed by atoms with E-state index in [0.717, 1.165) is 48.8 Å². The van der Waals surface area contributed by atoms with Gasteiger partial charge in [0.05, 0.1) is 6.20 Å². The monoisotopic (exact) mass is 495 g/mol. The molecular weight excluding hydrogens is 473 g/mol. The summed E-state index contributed by atoms with van der Waals surface area (Å²) in [4.78, 5) is 25.9. The molecule has 4 aromatic rings. The quantitative estimate of drug-likeness (QED) is 0.414. The third kappa shape index (κ3) is 4.10. The lowest BCUT2D eigenvalue weighted by Crippen LogP contribution is -2.39. The van der Waals surface area contributed by atoms with E-state index in [0.29, 0.717) is 21.3 Å². The molecule has 9 heteroatoms. The second-order valence-corrected chi connectivity index (χ2v) is 9.53. The molecule has 34 heavy (non-hydrogen) atoms. The number of hydrogen-bond acceptors (Lipinski definition) is 4. The van der Waals surface area contributed by atoms with Crippen LogP contribution < -0.4 is 11.4 Å². The standard InChI is InChI=1S/C25H23Cl2N5O2/c26-18-10-6-15(7-11-18)20-14-29-32-24(21(20)16-8-12-19(27)13-9-16)30-31(25(32)34)22(23(28)33)17-4-2-1-3-5-17/h6-14,17,22H,1-5H2,(H2,28,33). The van der Waals surface area contributed by atoms with Crippen LogP contribution in [0.4, 0.5) is 0 Å². The summed E-state index contributed by atoms with van der Waals surface area (Å²) in [5, 5.41) is 10.3. The Bertz CT molecular complexity index is 1400. The van der Waals surface area contributed by atoms with E-state index in [9.17, 15) is 9.59 Å². The summed E-state index contributed by atoms with van der Waals surface area (Å²) in [7, 11) is 0. The summed E-state index contributed by atoms with van der Waals surface area (Å²) in [6.45, 7) is 0. The Morgan fingerprint density at radius 3 is 2.12 bits per heavy atom. The number of hydrogen-bond donors (Lipinski definition) is 1. The van der Waals surface area contributed by atoms with E-state index in [1.54, 1.807) is 30.5 Å². The van der Waals surface area contributed by atoms with Crippen molar-refractivity contribution in [1.29, 1.82) is 0 Å². The van der Waals surface area contributed by atoms with Gasteiger partial charge in [-0.15, -0.1) is 5.10 Å². The molecule has 0 saturated heterocycles. The van der Waals surface area contributed by atoms with Crippen LogP contribution in [0.2, 0.25) is 10.0 Å². The van der Waals surface area contributed by atoms with E-state index in [2.05, 4.69) is 10.2 Å². The van der Waals surface area contributed by atoms with E-state index in [4.69, 9.17) is 28.9 Å². The van der Waals surface area contributed by atoms with Gasteiger partial charge in [0.15, 0.2) is 5.65 Å². The predicted octanol–water partition coefficient (Wildman–Crippen LogP) is 5.14. The number of halogens is 2. The maximum Gasteiger partial charge on any atom is 0.367 e. The number of amides is 1. The lowest BCUT2D eigenvalue weighted by Gasteiger charge is -2.27. The van der Waals surface area contributed by atoms with Gasteiger partial charge in [-0.1, -0.05) is 66.7 Å². The molecule has 1 saturated carbocycles. The molecule has 0 spiro atoms. The number of nitrogens with two attached hydrogens (primary N) is 1. The summed E-state index contributed by atoms with van der Waals surface area (Å²) in [5.41, 5.74) is 8.82. The SMILES string of the molecule is NC(=O)C(C1CCCCC1)n1nc2c(-c3ccc(Cl)cc3)c(-c3ccc(Cl)cc3)cnn2c1=O. The lowest BCUT2D eigenvalue weighted by molar-refractivity contribution is -0.123. The third-order valence-electron chi connectivity index (χ3n) is 6.51. The molecule has 2 aromatic carbocycles. The van der Waals surface area contributed by atoms with Crippen LogP contribution >= 0.6 is 23.2 Å². The van der Waals surface area contributed by atoms with Crippen molar-refractivity contribution in [2.45, 2.75) is 38.1 Å². The van der Waals surface area contributed by atoms with Crippen molar-refractivity contribution in [3.63, 3.8) is 0 Å². The number of carbonyl (C=O) groups excluding carboxylic acids is 1. The molecule has 0 bridgehead atoms. The number of primary amides is 1. The normalized spacial score (nSPS) is 15.5. The zero-order valence-corrected chi connectivity index (χ0v) is 19.8. The first kappa shape index (κ1) is 22.6. The molecule has 2 heterocycles. The highest BCUT2D eigenvalue weighted by atomic mass is 35.5. The van der Waals surface area contributed by atoms with E-state index >= 15 is 0 Å². The Balaban J connectivity index is 1.76. The Morgan fingerprint density at radius 2 is 1.53 bits per heavy atom. The number of benzene rings is 2. The van der Waals surface area contributed by atoms with Crippen molar-refractivity contribution in [1.82, 2.24) is 19.4 Å². The largest absolute Gasteiger partial charge is 0.368 e. The van der Waals surface area contributed by atoms with E-state index in [1.165, 1.54) is 9.20 Å². The van der Waals surface area contributed by atoms with Crippen molar-refractivity contribution < 1.29 is 4.79 Å². The van der Waals surface area contributed by atoms with Crippen molar-refractivity contribution in [2.75, 3.05) is 0 Å². The maximum atomic E-state index is 13.4. The summed E-state index contributed by atoms with van der Waals surface area (Å²) < 4.78 is 2.47. The summed E-state index contributed by atoms with van der Waals surface area (Å²) in [6, 6.07) is 13.9. The summed E-state index contributed by atoms with van der Waals surface area (Å²) in [6.07, 6.45) is 6.43. The van der Waals surface area contributed by atoms with Gasteiger partial charge in [0, 0.05) is 21.2 Å². The highest BCUT2D eigenvalue weighted by molar-refractivity contribution is 6.31. The van der Waals surface area contributed by atoms with Crippen molar-refractivity contribution in [3.8, 4) is 22.3 Å². The zero-order valence-electron chi connectivity index (χ0n) is 18.3. The molecule has 1 unspecified atom stereocenters. The van der Waals surface area contributed by atoms with Gasteiger partial charge in [-0.05, 0) is 54.2 Å².